The molecule has 4 heterocycles. The first kappa shape index (κ1) is 101. The average molecular weight is 1780 g/mol. The zero-order chi connectivity index (χ0) is 91.8. The molecule has 4 N–H and O–H groups in total. The van der Waals surface area contributed by atoms with Crippen LogP contribution in [0.25, 0.3) is 0 Å². The summed E-state index contributed by atoms with van der Waals surface area (Å²) in [4.78, 5) is 107. The molecule has 0 spiro atoms. The van der Waals surface area contributed by atoms with E-state index in [1.807, 2.05) is 82.0 Å². The molecule has 28 nitrogen and oxygen atoms in total. The third-order valence-corrected chi connectivity index (χ3v) is 20.5. The van der Waals surface area contributed by atoms with E-state index < -0.39 is 120 Å². The first-order chi connectivity index (χ1) is 56.3. The van der Waals surface area contributed by atoms with Crippen molar-refractivity contribution < 1.29 is 149 Å². The zero-order valence-electron chi connectivity index (χ0n) is 70.2. The molecule has 4 aromatic rings. The Morgan fingerprint density at radius 1 is 0.369 bits per heavy atom. The van der Waals surface area contributed by atoms with E-state index >= 15 is 0 Å². The van der Waals surface area contributed by atoms with Gasteiger partial charge in [-0.25, -0.2) is 38.4 Å². The summed E-state index contributed by atoms with van der Waals surface area (Å²) in [6.45, 7) is 25.6. The number of carbonyl (C=O) groups is 8. The number of hydrogen-bond donors (Lipinski definition) is 4. The molecule has 1 aliphatic carbocycles. The predicted octanol–water partition coefficient (Wildman–Crippen LogP) is 14.7. The van der Waals surface area contributed by atoms with E-state index in [0.29, 0.717) is 118 Å². The van der Waals surface area contributed by atoms with Gasteiger partial charge < -0.3 is 77.9 Å². The normalized spacial score (nSPS) is 17.4. The molecule has 4 atom stereocenters. The molecule has 0 radical (unpaired) electrons. The van der Waals surface area contributed by atoms with Crippen LogP contribution in [-0.2, 0) is 64.3 Å². The van der Waals surface area contributed by atoms with Gasteiger partial charge in [0.1, 0.15) is 23.0 Å². The van der Waals surface area contributed by atoms with E-state index in [1.54, 1.807) is 18.2 Å². The van der Waals surface area contributed by atoms with Crippen LogP contribution < -0.4 is 18.9 Å². The molecule has 4 aromatic carbocycles. The Labute approximate surface area is 703 Å². The second-order valence-corrected chi connectivity index (χ2v) is 32.5. The molecule has 0 bridgehead atoms. The average Bonchev–Trinajstić information content (AvgIpc) is 0.959. The van der Waals surface area contributed by atoms with Crippen LogP contribution in [0, 0.1) is 13.8 Å². The highest BCUT2D eigenvalue weighted by Gasteiger charge is 2.45. The summed E-state index contributed by atoms with van der Waals surface area (Å²) in [6, 6.07) is 21.8. The van der Waals surface area contributed by atoms with Crippen LogP contribution in [0.1, 0.15) is 141 Å². The Balaban J connectivity index is 0.000000252. The Morgan fingerprint density at radius 3 is 0.934 bits per heavy atom. The molecule has 41 heteroatoms. The van der Waals surface area contributed by atoms with Gasteiger partial charge >= 0.3 is 73.0 Å². The summed E-state index contributed by atoms with van der Waals surface area (Å²) in [7, 11) is 0. The topological polar surface area (TPSA) is 317 Å². The molecule has 5 fully saturated rings. The number of amides is 4. The number of carbonyl (C=O) groups excluding carboxylic acids is 4. The Morgan fingerprint density at radius 2 is 0.639 bits per heavy atom. The third-order valence-electron chi connectivity index (χ3n) is 20.2. The number of piperazine rings is 4. The van der Waals surface area contributed by atoms with E-state index in [-0.39, 0.29) is 52.4 Å². The van der Waals surface area contributed by atoms with Gasteiger partial charge in [-0.2, -0.15) is 52.7 Å². The fourth-order valence-electron chi connectivity index (χ4n) is 11.8. The number of alkyl halides is 12. The van der Waals surface area contributed by atoms with Gasteiger partial charge in [0.25, 0.3) is 0 Å². The summed E-state index contributed by atoms with van der Waals surface area (Å²) in [6.07, 6.45) is -28.8. The molecule has 4 saturated heterocycles. The van der Waals surface area contributed by atoms with Crippen molar-refractivity contribution in [2.45, 2.75) is 213 Å². The molecular formula is C81H107ClF12N8O20. The maximum atomic E-state index is 12.6. The first-order valence-corrected chi connectivity index (χ1v) is 39.4. The lowest BCUT2D eigenvalue weighted by atomic mass is 10.0. The maximum absolute atomic E-state index is 12.6. The fourth-order valence-corrected chi connectivity index (χ4v) is 12.0. The highest BCUT2D eigenvalue weighted by molar-refractivity contribution is 6.30. The largest absolute Gasteiger partial charge is 0.478 e. The summed E-state index contributed by atoms with van der Waals surface area (Å²) in [5.41, 5.74) is 0.288. The molecule has 4 aliphatic heterocycles. The first-order valence-electron chi connectivity index (χ1n) is 39.0. The number of carboxylic acids is 4. The second kappa shape index (κ2) is 42.1. The van der Waals surface area contributed by atoms with Crippen LogP contribution >= 0.6 is 11.6 Å². The quantitative estimate of drug-likeness (QED) is 0.0354. The van der Waals surface area contributed by atoms with Crippen LogP contribution in [0.15, 0.2) is 72.8 Å². The van der Waals surface area contributed by atoms with Crippen LogP contribution in [0.4, 0.5) is 71.9 Å². The predicted molar refractivity (Wildman–Crippen MR) is 417 cm³/mol. The van der Waals surface area contributed by atoms with Crippen LogP contribution in [0.3, 0.4) is 0 Å². The second-order valence-electron chi connectivity index (χ2n) is 32.1. The van der Waals surface area contributed by atoms with Crippen LogP contribution in [0.5, 0.6) is 23.0 Å². The van der Waals surface area contributed by atoms with Crippen molar-refractivity contribution in [1.82, 2.24) is 39.2 Å². The molecule has 122 heavy (non-hydrogen) atoms. The van der Waals surface area contributed by atoms with E-state index in [0.717, 1.165) is 73.9 Å². The van der Waals surface area contributed by atoms with Crippen molar-refractivity contribution in [3.8, 4) is 23.0 Å². The van der Waals surface area contributed by atoms with Gasteiger partial charge in [0.05, 0.1) is 0 Å². The molecule has 682 valence electrons. The number of aryl methyl sites for hydroxylation is 2. The van der Waals surface area contributed by atoms with Crippen molar-refractivity contribution in [3.05, 3.63) is 117 Å². The van der Waals surface area contributed by atoms with E-state index in [2.05, 4.69) is 18.9 Å². The standard InChI is InChI=1S/C22H29F3N2O5.2C20H27F3N2O5.C19H24ClF3N2O5/c1-14(22(23,24)25)31-20(30)27-10-8-26(9-11-27)13-17-7-6-16(15-4-5-15)12-18(17)32-21(2,3)19(28)29;1-13-5-6-15(16(11-13)30-19(3,4)17(26)27)12-24-7-9-25(10-8-24)18(28)29-14(2)20(21,22)23;1-13-6-5-7-15(16(13)30-19(3,4)17(26)27)12-24-8-10-25(11-9-24)18(28)29-14(2)20(21,22)23;1-12(19(21,22)23)29-17(28)25-8-6-24(7-9-25)11-13-4-5-14(20)10-15(13)30-18(2,3)16(26)27/h6-7,12,14-15H,4-5,8-11,13H2,1-3H3,(H,28,29);5-6,11,14H,7-10,12H2,1-4H3,(H,26,27);5-7,14H,8-12H2,1-4H3,(H,26,27);4-5,10,12H,6-9,11H2,1-3H3,(H,26,27). The van der Waals surface area contributed by atoms with Gasteiger partial charge in [-0.3, -0.25) is 19.6 Å². The maximum Gasteiger partial charge on any atom is 0.425 e. The Bertz CT molecular complexity index is 4100. The summed E-state index contributed by atoms with van der Waals surface area (Å²) in [5.74, 6) is -2.10. The summed E-state index contributed by atoms with van der Waals surface area (Å²) >= 11 is 6.02. The summed E-state index contributed by atoms with van der Waals surface area (Å²) < 4.78 is 192. The number of para-hydroxylation sites is 1. The van der Waals surface area contributed by atoms with Gasteiger partial charge in [0.2, 0.25) is 0 Å². The van der Waals surface area contributed by atoms with E-state index in [4.69, 9.17) is 30.5 Å². The van der Waals surface area contributed by atoms with E-state index in [9.17, 15) is 111 Å². The van der Waals surface area contributed by atoms with Crippen molar-refractivity contribution in [1.29, 1.82) is 0 Å². The van der Waals surface area contributed by atoms with Gasteiger partial charge in [-0.15, -0.1) is 0 Å². The van der Waals surface area contributed by atoms with Crippen molar-refractivity contribution in [2.75, 3.05) is 105 Å². The highest BCUT2D eigenvalue weighted by Crippen LogP contribution is 2.43. The monoisotopic (exact) mass is 1770 g/mol. The lowest BCUT2D eigenvalue weighted by molar-refractivity contribution is -0.200. The highest BCUT2D eigenvalue weighted by atomic mass is 35.5. The summed E-state index contributed by atoms with van der Waals surface area (Å²) in [5, 5.41) is 37.8. The molecule has 1 saturated carbocycles. The minimum atomic E-state index is -4.60. The van der Waals surface area contributed by atoms with Crippen molar-refractivity contribution in [3.63, 3.8) is 0 Å². The number of aliphatic carboxylic acids is 4. The number of hydrogen-bond acceptors (Lipinski definition) is 20. The zero-order valence-corrected chi connectivity index (χ0v) is 70.9. The lowest BCUT2D eigenvalue weighted by Crippen LogP contribution is -2.49. The SMILES string of the molecule is CC(OC(=O)N1CCN(Cc2ccc(C3CC3)cc2OC(C)(C)C(=O)O)CC1)C(F)(F)F.CC(OC(=O)N1CCN(Cc2ccc(Cl)cc2OC(C)(C)C(=O)O)CC1)C(F)(F)F.Cc1ccc(CN2CCN(C(=O)OC(C)C(F)(F)F)CC2)c(OC(C)(C)C(=O)O)c1.Cc1cccc(CN2CCN(C(=O)OC(C)C(F)(F)F)CC2)c1OC(C)(C)C(=O)O. The molecule has 4 unspecified atom stereocenters. The number of benzene rings is 4. The van der Waals surface area contributed by atoms with Gasteiger partial charge in [0, 0.05) is 158 Å². The number of nitrogens with zero attached hydrogens (tertiary/aromatic N) is 8. The van der Waals surface area contributed by atoms with Gasteiger partial charge in [0.15, 0.2) is 46.8 Å². The molecule has 9 rings (SSSR count). The molecule has 5 aliphatic rings. The number of rotatable bonds is 25. The number of halogens is 13. The van der Waals surface area contributed by atoms with Gasteiger partial charge in [-0.1, -0.05) is 60.1 Å². The van der Waals surface area contributed by atoms with Gasteiger partial charge in [-0.05, 0) is 157 Å². The Kier molecular flexibility index (Phi) is 34.9. The molecule has 4 amide bonds. The molecular weight excluding hydrogens is 1670 g/mol. The minimum absolute atomic E-state index is 0.202. The smallest absolute Gasteiger partial charge is 0.425 e. The fraction of sp³-hybridized carbons (Fsp3) is 0.605. The Hall–Kier alpha value is -9.67. The lowest BCUT2D eigenvalue weighted by Gasteiger charge is -2.35. The van der Waals surface area contributed by atoms with Crippen LogP contribution in [0.2, 0.25) is 5.02 Å². The number of carboxylic acid groups (broad SMARTS) is 4. The van der Waals surface area contributed by atoms with Crippen LogP contribution in [-0.4, -0.2) is 284 Å². The van der Waals surface area contributed by atoms with Crippen molar-refractivity contribution >= 4 is 59.9 Å². The van der Waals surface area contributed by atoms with Crippen molar-refractivity contribution in [2.24, 2.45) is 0 Å². The minimum Gasteiger partial charge on any atom is -0.478 e. The molecule has 0 aromatic heterocycles. The third kappa shape index (κ3) is 31.0. The number of ether oxygens (including phenoxy) is 8. The van der Waals surface area contributed by atoms with E-state index in [1.165, 1.54) is 81.1 Å².